The number of amides is 1. The van der Waals surface area contributed by atoms with Gasteiger partial charge in [-0.3, -0.25) is 4.79 Å². The van der Waals surface area contributed by atoms with Crippen LogP contribution < -0.4 is 4.90 Å². The fraction of sp³-hybridized carbons (Fsp3) is 0.286. The van der Waals surface area contributed by atoms with Gasteiger partial charge in [-0.2, -0.15) is 9.29 Å². The molecule has 2 aromatic carbocycles. The molecule has 0 radical (unpaired) electrons. The molecule has 10 heteroatoms. The van der Waals surface area contributed by atoms with Crippen molar-refractivity contribution in [2.75, 3.05) is 18.5 Å². The molecule has 3 aromatic rings. The molecule has 0 spiro atoms. The standard InChI is InChI=1S/C21H21ClN4O4S/c1-3-20(27)26-11-10-15-12-17(8-9-18(15)26)31(28,29)25(2)13-19-23-21(24-30-19)14-4-6-16(22)7-5-14/h4-9,12H,3,10-11,13H2,1-2H3. The number of rotatable bonds is 6. The molecular weight excluding hydrogens is 440 g/mol. The number of benzene rings is 2. The van der Waals surface area contributed by atoms with Crippen LogP contribution in [0.1, 0.15) is 24.8 Å². The summed E-state index contributed by atoms with van der Waals surface area (Å²) in [6, 6.07) is 11.8. The molecule has 162 valence electrons. The number of nitrogens with zero attached hydrogens (tertiary/aromatic N) is 4. The third-order valence-corrected chi connectivity index (χ3v) is 7.24. The minimum absolute atomic E-state index is 0.0272. The molecule has 1 amide bonds. The zero-order chi connectivity index (χ0) is 22.2. The maximum Gasteiger partial charge on any atom is 0.243 e. The Morgan fingerprint density at radius 3 is 2.68 bits per heavy atom. The van der Waals surface area contributed by atoms with Gasteiger partial charge in [0.25, 0.3) is 0 Å². The molecule has 0 saturated heterocycles. The van der Waals surface area contributed by atoms with Gasteiger partial charge in [-0.25, -0.2) is 8.42 Å². The van der Waals surface area contributed by atoms with E-state index in [2.05, 4.69) is 10.1 Å². The van der Waals surface area contributed by atoms with Gasteiger partial charge in [0.2, 0.25) is 27.6 Å². The average Bonchev–Trinajstić information content (AvgIpc) is 3.40. The van der Waals surface area contributed by atoms with Crippen LogP contribution in [0.5, 0.6) is 0 Å². The fourth-order valence-corrected chi connectivity index (χ4v) is 4.78. The van der Waals surface area contributed by atoms with Crippen molar-refractivity contribution in [2.24, 2.45) is 0 Å². The molecule has 0 saturated carbocycles. The molecule has 0 fully saturated rings. The Morgan fingerprint density at radius 1 is 1.23 bits per heavy atom. The highest BCUT2D eigenvalue weighted by Crippen LogP contribution is 2.31. The lowest BCUT2D eigenvalue weighted by Gasteiger charge is -2.18. The van der Waals surface area contributed by atoms with Crippen LogP contribution in [0.25, 0.3) is 11.4 Å². The van der Waals surface area contributed by atoms with Gasteiger partial charge in [0.1, 0.15) is 0 Å². The quantitative estimate of drug-likeness (QED) is 0.558. The summed E-state index contributed by atoms with van der Waals surface area (Å²) < 4.78 is 32.5. The Kier molecular flexibility index (Phi) is 5.83. The SMILES string of the molecule is CCC(=O)N1CCc2cc(S(=O)(=O)N(C)Cc3nc(-c4ccc(Cl)cc4)no3)ccc21. The van der Waals surface area contributed by atoms with E-state index >= 15 is 0 Å². The molecule has 0 bridgehead atoms. The molecule has 1 aromatic heterocycles. The van der Waals surface area contributed by atoms with E-state index in [1.807, 2.05) is 6.92 Å². The predicted octanol–water partition coefficient (Wildman–Crippen LogP) is 3.51. The Balaban J connectivity index is 1.52. The number of halogens is 1. The number of hydrogen-bond acceptors (Lipinski definition) is 6. The minimum atomic E-state index is -3.78. The molecule has 31 heavy (non-hydrogen) atoms. The lowest BCUT2D eigenvalue weighted by atomic mass is 10.2. The fourth-order valence-electron chi connectivity index (χ4n) is 3.48. The van der Waals surface area contributed by atoms with Gasteiger partial charge in [0, 0.05) is 36.3 Å². The molecule has 0 unspecified atom stereocenters. The number of carbonyl (C=O) groups is 1. The first-order valence-electron chi connectivity index (χ1n) is 9.77. The summed E-state index contributed by atoms with van der Waals surface area (Å²) in [7, 11) is -2.32. The van der Waals surface area contributed by atoms with Crippen LogP contribution in [0, 0.1) is 0 Å². The van der Waals surface area contributed by atoms with E-state index in [0.717, 1.165) is 21.1 Å². The molecule has 0 atom stereocenters. The van der Waals surface area contributed by atoms with Crippen LogP contribution in [0.4, 0.5) is 5.69 Å². The molecule has 1 aliphatic heterocycles. The van der Waals surface area contributed by atoms with Crippen molar-refractivity contribution in [3.8, 4) is 11.4 Å². The molecule has 0 N–H and O–H groups in total. The van der Waals surface area contributed by atoms with Crippen LogP contribution in [-0.2, 0) is 27.8 Å². The van der Waals surface area contributed by atoms with Crippen LogP contribution in [0.3, 0.4) is 0 Å². The van der Waals surface area contributed by atoms with Crippen LogP contribution in [0.15, 0.2) is 51.9 Å². The predicted molar refractivity (Wildman–Crippen MR) is 116 cm³/mol. The van der Waals surface area contributed by atoms with Gasteiger partial charge in [-0.15, -0.1) is 0 Å². The highest BCUT2D eigenvalue weighted by Gasteiger charge is 2.28. The van der Waals surface area contributed by atoms with E-state index in [9.17, 15) is 13.2 Å². The second-order valence-electron chi connectivity index (χ2n) is 7.22. The van der Waals surface area contributed by atoms with Gasteiger partial charge >= 0.3 is 0 Å². The van der Waals surface area contributed by atoms with Crippen molar-refractivity contribution >= 4 is 33.2 Å². The third-order valence-electron chi connectivity index (χ3n) is 5.19. The van der Waals surface area contributed by atoms with E-state index in [1.54, 1.807) is 41.3 Å². The molecule has 8 nitrogen and oxygen atoms in total. The summed E-state index contributed by atoms with van der Waals surface area (Å²) in [6.45, 7) is 2.31. The number of anilines is 1. The van der Waals surface area contributed by atoms with E-state index in [1.165, 1.54) is 13.1 Å². The normalized spacial score (nSPS) is 13.6. The Morgan fingerprint density at radius 2 is 1.97 bits per heavy atom. The van der Waals surface area contributed by atoms with E-state index in [0.29, 0.717) is 30.2 Å². The van der Waals surface area contributed by atoms with Crippen LogP contribution in [0.2, 0.25) is 5.02 Å². The van der Waals surface area contributed by atoms with Crippen molar-refractivity contribution in [1.82, 2.24) is 14.4 Å². The zero-order valence-corrected chi connectivity index (χ0v) is 18.7. The molecular formula is C21H21ClN4O4S. The second-order valence-corrected chi connectivity index (χ2v) is 9.70. The molecule has 2 heterocycles. The first-order chi connectivity index (χ1) is 14.8. The summed E-state index contributed by atoms with van der Waals surface area (Å²) in [5.41, 5.74) is 2.34. The third kappa shape index (κ3) is 4.21. The second kappa shape index (κ2) is 8.41. The zero-order valence-electron chi connectivity index (χ0n) is 17.1. The maximum atomic E-state index is 13.1. The highest BCUT2D eigenvalue weighted by molar-refractivity contribution is 7.89. The van der Waals surface area contributed by atoms with E-state index < -0.39 is 10.0 Å². The lowest BCUT2D eigenvalue weighted by Crippen LogP contribution is -2.28. The van der Waals surface area contributed by atoms with E-state index in [-0.39, 0.29) is 23.2 Å². The Labute approximate surface area is 185 Å². The van der Waals surface area contributed by atoms with E-state index in [4.69, 9.17) is 16.1 Å². The topological polar surface area (TPSA) is 96.6 Å². The maximum absolute atomic E-state index is 13.1. The van der Waals surface area contributed by atoms with Crippen molar-refractivity contribution < 1.29 is 17.7 Å². The molecule has 1 aliphatic rings. The first kappa shape index (κ1) is 21.5. The van der Waals surface area contributed by atoms with Gasteiger partial charge in [0.05, 0.1) is 11.4 Å². The minimum Gasteiger partial charge on any atom is -0.338 e. The van der Waals surface area contributed by atoms with Crippen molar-refractivity contribution in [2.45, 2.75) is 31.2 Å². The summed E-state index contributed by atoms with van der Waals surface area (Å²) >= 11 is 5.89. The van der Waals surface area contributed by atoms with Gasteiger partial charge in [-0.1, -0.05) is 23.7 Å². The van der Waals surface area contributed by atoms with Crippen molar-refractivity contribution in [3.05, 3.63) is 58.9 Å². The number of aromatic nitrogens is 2. The van der Waals surface area contributed by atoms with Crippen molar-refractivity contribution in [3.63, 3.8) is 0 Å². The smallest absolute Gasteiger partial charge is 0.243 e. The Bertz CT molecular complexity index is 1220. The van der Waals surface area contributed by atoms with Gasteiger partial charge in [0.15, 0.2) is 0 Å². The summed E-state index contributed by atoms with van der Waals surface area (Å²) in [4.78, 5) is 18.2. The highest BCUT2D eigenvalue weighted by atomic mass is 35.5. The number of carbonyl (C=O) groups excluding carboxylic acids is 1. The molecule has 0 aliphatic carbocycles. The largest absolute Gasteiger partial charge is 0.338 e. The first-order valence-corrected chi connectivity index (χ1v) is 11.6. The average molecular weight is 461 g/mol. The van der Waals surface area contributed by atoms with Crippen molar-refractivity contribution in [1.29, 1.82) is 0 Å². The summed E-state index contributed by atoms with van der Waals surface area (Å²) in [6.07, 6.45) is 1.03. The number of hydrogen-bond donors (Lipinski definition) is 0. The van der Waals surface area contributed by atoms with Gasteiger partial charge < -0.3 is 9.42 Å². The monoisotopic (exact) mass is 460 g/mol. The Hall–Kier alpha value is -2.75. The number of fused-ring (bicyclic) bond motifs is 1. The summed E-state index contributed by atoms with van der Waals surface area (Å²) in [5.74, 6) is 0.562. The summed E-state index contributed by atoms with van der Waals surface area (Å²) in [5, 5.41) is 4.51. The molecule has 4 rings (SSSR count). The van der Waals surface area contributed by atoms with Crippen LogP contribution in [-0.4, -0.2) is 42.4 Å². The number of sulfonamides is 1. The lowest BCUT2D eigenvalue weighted by molar-refractivity contribution is -0.118. The van der Waals surface area contributed by atoms with Crippen LogP contribution >= 0.6 is 11.6 Å². The van der Waals surface area contributed by atoms with Gasteiger partial charge in [-0.05, 0) is 54.4 Å².